The summed E-state index contributed by atoms with van der Waals surface area (Å²) in [5, 5.41) is 0. The molecule has 0 aromatic heterocycles. The van der Waals surface area contributed by atoms with Gasteiger partial charge < -0.3 is 4.74 Å². The predicted octanol–water partition coefficient (Wildman–Crippen LogP) is 7.89. The van der Waals surface area contributed by atoms with Crippen LogP contribution >= 0.6 is 0 Å². The molecule has 3 rings (SSSR count). The van der Waals surface area contributed by atoms with Gasteiger partial charge in [-0.25, -0.2) is 17.6 Å². The number of rotatable bonds is 7. The van der Waals surface area contributed by atoms with Crippen molar-refractivity contribution < 1.29 is 22.3 Å². The number of benzene rings is 3. The fraction of sp³-hybridized carbons (Fsp3) is 0.200. The molecule has 0 saturated carbocycles. The first kappa shape index (κ1) is 21.6. The van der Waals surface area contributed by atoms with Gasteiger partial charge in [-0.15, -0.1) is 0 Å². The van der Waals surface area contributed by atoms with Crippen LogP contribution in [0.1, 0.15) is 30.9 Å². The summed E-state index contributed by atoms with van der Waals surface area (Å²) >= 11 is 0. The minimum absolute atomic E-state index is 0.0640. The SMILES string of the molecule is CC(C)C(C(F)=C(F)Cc1ccc(F)c(Oc2ccccc2)c1)c1ccc(F)cc1. The fourth-order valence-corrected chi connectivity index (χ4v) is 3.28. The molecule has 0 heterocycles. The average Bonchev–Trinajstić information content (AvgIpc) is 2.72. The second kappa shape index (κ2) is 9.61. The lowest BCUT2D eigenvalue weighted by Crippen LogP contribution is -2.09. The summed E-state index contributed by atoms with van der Waals surface area (Å²) in [7, 11) is 0. The summed E-state index contributed by atoms with van der Waals surface area (Å²) < 4.78 is 62.7. The van der Waals surface area contributed by atoms with Crippen LogP contribution in [0.3, 0.4) is 0 Å². The number of ether oxygens (including phenoxy) is 1. The van der Waals surface area contributed by atoms with Crippen LogP contribution in [0, 0.1) is 17.6 Å². The summed E-state index contributed by atoms with van der Waals surface area (Å²) in [4.78, 5) is 0. The summed E-state index contributed by atoms with van der Waals surface area (Å²) in [6, 6.07) is 17.9. The van der Waals surface area contributed by atoms with Crippen molar-refractivity contribution in [2.75, 3.05) is 0 Å². The van der Waals surface area contributed by atoms with Gasteiger partial charge in [0.15, 0.2) is 11.6 Å². The molecular formula is C25H22F4O. The lowest BCUT2D eigenvalue weighted by atomic mass is 9.86. The molecule has 1 atom stereocenters. The molecular weight excluding hydrogens is 392 g/mol. The monoisotopic (exact) mass is 414 g/mol. The Morgan fingerprint density at radius 3 is 2.17 bits per heavy atom. The molecule has 0 bridgehead atoms. The summed E-state index contributed by atoms with van der Waals surface area (Å²) in [6.07, 6.45) is -0.346. The van der Waals surface area contributed by atoms with E-state index in [1.54, 1.807) is 44.2 Å². The zero-order valence-corrected chi connectivity index (χ0v) is 16.7. The molecule has 30 heavy (non-hydrogen) atoms. The Hall–Kier alpha value is -3.08. The van der Waals surface area contributed by atoms with Gasteiger partial charge in [-0.2, -0.15) is 0 Å². The first-order chi connectivity index (χ1) is 14.3. The van der Waals surface area contributed by atoms with Gasteiger partial charge in [-0.3, -0.25) is 0 Å². The molecule has 0 amide bonds. The Labute approximate surface area is 173 Å². The summed E-state index contributed by atoms with van der Waals surface area (Å²) in [5.74, 6) is -3.61. The Bertz CT molecular complexity index is 1010. The van der Waals surface area contributed by atoms with E-state index in [-0.39, 0.29) is 18.1 Å². The van der Waals surface area contributed by atoms with Gasteiger partial charge in [-0.05, 0) is 53.4 Å². The van der Waals surface area contributed by atoms with Gasteiger partial charge in [0.1, 0.15) is 23.2 Å². The second-order valence-electron chi connectivity index (χ2n) is 7.38. The summed E-state index contributed by atoms with van der Waals surface area (Å²) in [6.45, 7) is 3.54. The van der Waals surface area contributed by atoms with Gasteiger partial charge in [0.25, 0.3) is 0 Å². The van der Waals surface area contributed by atoms with Crippen molar-refractivity contribution in [1.82, 2.24) is 0 Å². The number of hydrogen-bond acceptors (Lipinski definition) is 1. The van der Waals surface area contributed by atoms with E-state index in [9.17, 15) is 13.2 Å². The maximum atomic E-state index is 15.0. The van der Waals surface area contributed by atoms with Gasteiger partial charge in [-0.1, -0.05) is 50.2 Å². The first-order valence-electron chi connectivity index (χ1n) is 9.66. The maximum Gasteiger partial charge on any atom is 0.165 e. The third-order valence-electron chi connectivity index (χ3n) is 4.75. The molecule has 0 aliphatic rings. The smallest absolute Gasteiger partial charge is 0.165 e. The Balaban J connectivity index is 1.85. The van der Waals surface area contributed by atoms with Crippen LogP contribution in [0.25, 0.3) is 0 Å². The number of allylic oxidation sites excluding steroid dienone is 2. The Kier molecular flexibility index (Phi) is 6.93. The van der Waals surface area contributed by atoms with E-state index in [0.717, 1.165) is 0 Å². The minimum atomic E-state index is -0.949. The lowest BCUT2D eigenvalue weighted by molar-refractivity contribution is 0.414. The zero-order chi connectivity index (χ0) is 21.7. The van der Waals surface area contributed by atoms with E-state index in [4.69, 9.17) is 4.74 Å². The largest absolute Gasteiger partial charge is 0.454 e. The topological polar surface area (TPSA) is 9.23 Å². The highest BCUT2D eigenvalue weighted by Crippen LogP contribution is 2.36. The molecule has 0 saturated heterocycles. The molecule has 3 aromatic rings. The second-order valence-corrected chi connectivity index (χ2v) is 7.38. The number of halogens is 4. The highest BCUT2D eigenvalue weighted by atomic mass is 19.2. The highest BCUT2D eigenvalue weighted by Gasteiger charge is 2.25. The highest BCUT2D eigenvalue weighted by molar-refractivity contribution is 5.37. The van der Waals surface area contributed by atoms with Crippen molar-refractivity contribution in [3.63, 3.8) is 0 Å². The molecule has 0 aliphatic carbocycles. The average molecular weight is 414 g/mol. The van der Waals surface area contributed by atoms with Crippen molar-refractivity contribution in [1.29, 1.82) is 0 Å². The molecule has 0 N–H and O–H groups in total. The van der Waals surface area contributed by atoms with Crippen molar-refractivity contribution in [3.05, 3.63) is 107 Å². The molecule has 156 valence electrons. The molecule has 3 aromatic carbocycles. The number of hydrogen-bond donors (Lipinski definition) is 0. The van der Waals surface area contributed by atoms with Gasteiger partial charge >= 0.3 is 0 Å². The van der Waals surface area contributed by atoms with Crippen LogP contribution in [0.4, 0.5) is 17.6 Å². The molecule has 0 radical (unpaired) electrons. The normalized spacial score (nSPS) is 13.2. The van der Waals surface area contributed by atoms with Gasteiger partial charge in [0.2, 0.25) is 0 Å². The zero-order valence-electron chi connectivity index (χ0n) is 16.7. The Morgan fingerprint density at radius 1 is 0.867 bits per heavy atom. The lowest BCUT2D eigenvalue weighted by Gasteiger charge is -2.20. The molecule has 0 spiro atoms. The van der Waals surface area contributed by atoms with Crippen LogP contribution in [-0.4, -0.2) is 0 Å². The van der Waals surface area contributed by atoms with Gasteiger partial charge in [0, 0.05) is 12.3 Å². The van der Waals surface area contributed by atoms with Crippen molar-refractivity contribution in [2.24, 2.45) is 5.92 Å². The molecule has 1 nitrogen and oxygen atoms in total. The quantitative estimate of drug-likeness (QED) is 0.357. The Morgan fingerprint density at radius 2 is 1.53 bits per heavy atom. The standard InChI is InChI=1S/C25H22F4O/c1-16(2)24(18-9-11-19(26)12-10-18)25(29)22(28)14-17-8-13-21(27)23(15-17)30-20-6-4-3-5-7-20/h3-13,15-16,24H,14H2,1-2H3. The molecule has 0 fully saturated rings. The third kappa shape index (κ3) is 5.29. The van der Waals surface area contributed by atoms with Crippen LogP contribution in [0.2, 0.25) is 0 Å². The molecule has 0 aliphatic heterocycles. The third-order valence-corrected chi connectivity index (χ3v) is 4.75. The minimum Gasteiger partial charge on any atom is -0.454 e. The van der Waals surface area contributed by atoms with Crippen molar-refractivity contribution in [2.45, 2.75) is 26.2 Å². The molecule has 5 heteroatoms. The van der Waals surface area contributed by atoms with E-state index in [0.29, 0.717) is 16.9 Å². The van der Waals surface area contributed by atoms with E-state index in [1.807, 2.05) is 0 Å². The van der Waals surface area contributed by atoms with Crippen molar-refractivity contribution in [3.8, 4) is 11.5 Å². The van der Waals surface area contributed by atoms with Crippen LogP contribution in [0.15, 0.2) is 84.5 Å². The first-order valence-corrected chi connectivity index (χ1v) is 9.66. The van der Waals surface area contributed by atoms with Crippen molar-refractivity contribution >= 4 is 0 Å². The number of para-hydroxylation sites is 1. The van der Waals surface area contributed by atoms with Crippen LogP contribution in [-0.2, 0) is 6.42 Å². The van der Waals surface area contributed by atoms with Crippen LogP contribution < -0.4 is 4.74 Å². The van der Waals surface area contributed by atoms with E-state index in [1.165, 1.54) is 42.5 Å². The molecule has 1 unspecified atom stereocenters. The summed E-state index contributed by atoms with van der Waals surface area (Å²) in [5.41, 5.74) is 0.864. The van der Waals surface area contributed by atoms with E-state index in [2.05, 4.69) is 0 Å². The van der Waals surface area contributed by atoms with Crippen LogP contribution in [0.5, 0.6) is 11.5 Å². The van der Waals surface area contributed by atoms with Gasteiger partial charge in [0.05, 0.1) is 0 Å². The van der Waals surface area contributed by atoms with E-state index >= 15 is 4.39 Å². The van der Waals surface area contributed by atoms with E-state index < -0.39 is 29.2 Å². The predicted molar refractivity (Wildman–Crippen MR) is 110 cm³/mol. The maximum absolute atomic E-state index is 15.0. The fourth-order valence-electron chi connectivity index (χ4n) is 3.28.